The van der Waals surface area contributed by atoms with Gasteiger partial charge in [-0.15, -0.1) is 0 Å². The molecule has 1 N–H and O–H groups in total. The van der Waals surface area contributed by atoms with Crippen molar-refractivity contribution in [2.45, 2.75) is 31.6 Å². The number of hydrogen-bond acceptors (Lipinski definition) is 2. The van der Waals surface area contributed by atoms with Gasteiger partial charge in [-0.3, -0.25) is 9.69 Å². The van der Waals surface area contributed by atoms with Crippen LogP contribution in [0.15, 0.2) is 42.5 Å². The third-order valence-electron chi connectivity index (χ3n) is 4.34. The van der Waals surface area contributed by atoms with Crippen LogP contribution in [0.2, 0.25) is 5.02 Å². The predicted octanol–water partition coefficient (Wildman–Crippen LogP) is 5.10. The molecule has 1 aliphatic carbocycles. The zero-order valence-electron chi connectivity index (χ0n) is 14.2. The lowest BCUT2D eigenvalue weighted by molar-refractivity contribution is -0.137. The Balaban J connectivity index is 1.72. The molecule has 0 bridgehead atoms. The van der Waals surface area contributed by atoms with Crippen molar-refractivity contribution in [2.24, 2.45) is 0 Å². The molecule has 1 aliphatic rings. The summed E-state index contributed by atoms with van der Waals surface area (Å²) in [5, 5.41) is 2.57. The number of benzene rings is 2. The molecule has 1 amide bonds. The summed E-state index contributed by atoms with van der Waals surface area (Å²) in [4.78, 5) is 14.1. The minimum atomic E-state index is -4.57. The maximum Gasteiger partial charge on any atom is 0.418 e. The summed E-state index contributed by atoms with van der Waals surface area (Å²) in [6.45, 7) is -0.0357. The molecule has 0 aliphatic heterocycles. The third-order valence-corrected chi connectivity index (χ3v) is 4.69. The van der Waals surface area contributed by atoms with Gasteiger partial charge < -0.3 is 5.32 Å². The number of anilines is 1. The Kier molecular flexibility index (Phi) is 5.72. The quantitative estimate of drug-likeness (QED) is 0.684. The molecule has 2 aromatic rings. The first kappa shape index (κ1) is 19.6. The Labute approximate surface area is 158 Å². The molecule has 1 saturated carbocycles. The lowest BCUT2D eigenvalue weighted by Crippen LogP contribution is -2.35. The van der Waals surface area contributed by atoms with Gasteiger partial charge in [0.25, 0.3) is 0 Å². The van der Waals surface area contributed by atoms with Crippen LogP contribution >= 0.6 is 11.6 Å². The third kappa shape index (κ3) is 4.99. The van der Waals surface area contributed by atoms with E-state index in [1.165, 1.54) is 30.3 Å². The number of amides is 1. The van der Waals surface area contributed by atoms with Gasteiger partial charge in [-0.05, 0) is 37.1 Å². The number of rotatable bonds is 6. The van der Waals surface area contributed by atoms with Crippen LogP contribution in [0.1, 0.15) is 24.0 Å². The number of carbonyl (C=O) groups is 1. The van der Waals surface area contributed by atoms with Gasteiger partial charge in [0.05, 0.1) is 17.8 Å². The number of para-hydroxylation sites is 1. The van der Waals surface area contributed by atoms with E-state index in [1.807, 2.05) is 0 Å². The molecule has 27 heavy (non-hydrogen) atoms. The summed E-state index contributed by atoms with van der Waals surface area (Å²) in [7, 11) is 0. The topological polar surface area (TPSA) is 32.3 Å². The van der Waals surface area contributed by atoms with Crippen molar-refractivity contribution in [2.75, 3.05) is 11.9 Å². The van der Waals surface area contributed by atoms with E-state index in [1.54, 1.807) is 11.0 Å². The lowest BCUT2D eigenvalue weighted by atomic mass is 10.1. The number of nitrogens with zero attached hydrogens (tertiary/aromatic N) is 1. The minimum Gasteiger partial charge on any atom is -0.324 e. The Morgan fingerprint density at radius 1 is 1.15 bits per heavy atom. The van der Waals surface area contributed by atoms with Crippen molar-refractivity contribution in [1.29, 1.82) is 0 Å². The normalized spacial score (nSPS) is 14.4. The van der Waals surface area contributed by atoms with Crippen molar-refractivity contribution < 1.29 is 22.4 Å². The van der Waals surface area contributed by atoms with Crippen LogP contribution in [0.25, 0.3) is 0 Å². The van der Waals surface area contributed by atoms with Crippen molar-refractivity contribution in [3.63, 3.8) is 0 Å². The van der Waals surface area contributed by atoms with Gasteiger partial charge in [-0.25, -0.2) is 4.39 Å². The fourth-order valence-corrected chi connectivity index (χ4v) is 3.08. The molecule has 0 atom stereocenters. The maximum absolute atomic E-state index is 14.0. The highest BCUT2D eigenvalue weighted by atomic mass is 35.5. The zero-order valence-corrected chi connectivity index (χ0v) is 14.9. The van der Waals surface area contributed by atoms with Crippen molar-refractivity contribution in [3.8, 4) is 0 Å². The maximum atomic E-state index is 14.0. The van der Waals surface area contributed by atoms with Crippen LogP contribution in [0, 0.1) is 5.82 Å². The van der Waals surface area contributed by atoms with E-state index in [0.717, 1.165) is 18.9 Å². The average Bonchev–Trinajstić information content (AvgIpc) is 3.42. The zero-order chi connectivity index (χ0) is 19.6. The highest BCUT2D eigenvalue weighted by molar-refractivity contribution is 6.31. The summed E-state index contributed by atoms with van der Waals surface area (Å²) in [6, 6.07) is 9.21. The monoisotopic (exact) mass is 400 g/mol. The number of halogens is 5. The van der Waals surface area contributed by atoms with Crippen LogP contribution < -0.4 is 5.32 Å². The molecule has 0 spiro atoms. The van der Waals surface area contributed by atoms with Crippen LogP contribution in [0.5, 0.6) is 0 Å². The van der Waals surface area contributed by atoms with Crippen LogP contribution in [0.3, 0.4) is 0 Å². The van der Waals surface area contributed by atoms with E-state index in [9.17, 15) is 22.4 Å². The molecule has 144 valence electrons. The van der Waals surface area contributed by atoms with Crippen molar-refractivity contribution in [1.82, 2.24) is 4.90 Å². The van der Waals surface area contributed by atoms with E-state index in [2.05, 4.69) is 5.32 Å². The largest absolute Gasteiger partial charge is 0.418 e. The second-order valence-corrected chi connectivity index (χ2v) is 6.84. The van der Waals surface area contributed by atoms with E-state index in [0.29, 0.717) is 0 Å². The fraction of sp³-hybridized carbons (Fsp3) is 0.316. The van der Waals surface area contributed by atoms with Gasteiger partial charge in [0.15, 0.2) is 0 Å². The first-order valence-electron chi connectivity index (χ1n) is 8.38. The summed E-state index contributed by atoms with van der Waals surface area (Å²) in [6.07, 6.45) is -2.88. The summed E-state index contributed by atoms with van der Waals surface area (Å²) < 4.78 is 53.2. The smallest absolute Gasteiger partial charge is 0.324 e. The van der Waals surface area contributed by atoms with Gasteiger partial charge in [0.1, 0.15) is 5.82 Å². The molecule has 0 unspecified atom stereocenters. The fourth-order valence-electron chi connectivity index (χ4n) is 2.85. The van der Waals surface area contributed by atoms with Gasteiger partial charge in [-0.1, -0.05) is 29.8 Å². The number of alkyl halides is 3. The molecule has 0 aromatic heterocycles. The molecule has 3 rings (SSSR count). The molecular formula is C19H17ClF4N2O. The minimum absolute atomic E-state index is 0.0873. The summed E-state index contributed by atoms with van der Waals surface area (Å²) in [5.41, 5.74) is -0.933. The second kappa shape index (κ2) is 7.86. The first-order valence-corrected chi connectivity index (χ1v) is 8.76. The van der Waals surface area contributed by atoms with E-state index in [-0.39, 0.29) is 35.4 Å². The Bertz CT molecular complexity index is 816. The number of hydrogen-bond donors (Lipinski definition) is 1. The lowest BCUT2D eigenvalue weighted by Gasteiger charge is -2.23. The van der Waals surface area contributed by atoms with E-state index < -0.39 is 23.5 Å². The predicted molar refractivity (Wildman–Crippen MR) is 94.9 cm³/mol. The molecule has 1 fully saturated rings. The number of nitrogens with one attached hydrogen (secondary N) is 1. The highest BCUT2D eigenvalue weighted by Gasteiger charge is 2.34. The molecular weight excluding hydrogens is 384 g/mol. The molecule has 0 heterocycles. The summed E-state index contributed by atoms with van der Waals surface area (Å²) >= 11 is 6.04. The standard InChI is InChI=1S/C19H17ClF4N2O/c20-15-5-3-6-16(21)13(15)10-26(12-8-9-12)11-18(27)25-17-7-2-1-4-14(17)19(22,23)24/h1-7,12H,8-11H2,(H,25,27). The molecule has 3 nitrogen and oxygen atoms in total. The molecule has 0 saturated heterocycles. The van der Waals surface area contributed by atoms with Crippen LogP contribution in [-0.2, 0) is 17.5 Å². The van der Waals surface area contributed by atoms with Gasteiger partial charge in [0.2, 0.25) is 5.91 Å². The SMILES string of the molecule is O=C(CN(Cc1c(F)cccc1Cl)C1CC1)Nc1ccccc1C(F)(F)F. The van der Waals surface area contributed by atoms with Crippen molar-refractivity contribution in [3.05, 3.63) is 64.4 Å². The van der Waals surface area contributed by atoms with E-state index >= 15 is 0 Å². The average molecular weight is 401 g/mol. The van der Waals surface area contributed by atoms with E-state index in [4.69, 9.17) is 11.6 Å². The summed E-state index contributed by atoms with van der Waals surface area (Å²) in [5.74, 6) is -1.07. The Hall–Kier alpha value is -2.12. The second-order valence-electron chi connectivity index (χ2n) is 6.43. The first-order chi connectivity index (χ1) is 12.8. The Morgan fingerprint density at radius 2 is 1.85 bits per heavy atom. The van der Waals surface area contributed by atoms with Crippen LogP contribution in [-0.4, -0.2) is 23.4 Å². The molecule has 8 heteroatoms. The molecule has 2 aromatic carbocycles. The van der Waals surface area contributed by atoms with Crippen molar-refractivity contribution >= 4 is 23.2 Å². The Morgan fingerprint density at radius 3 is 2.48 bits per heavy atom. The van der Waals surface area contributed by atoms with Gasteiger partial charge in [-0.2, -0.15) is 13.2 Å². The molecule has 0 radical (unpaired) electrons. The highest BCUT2D eigenvalue weighted by Crippen LogP contribution is 2.35. The van der Waals surface area contributed by atoms with Gasteiger partial charge >= 0.3 is 6.18 Å². The number of carbonyl (C=O) groups excluding carboxylic acids is 1. The van der Waals surface area contributed by atoms with Crippen LogP contribution in [0.4, 0.5) is 23.2 Å². The van der Waals surface area contributed by atoms with Gasteiger partial charge in [0, 0.05) is 23.2 Å².